The third-order valence-corrected chi connectivity index (χ3v) is 3.83. The van der Waals surface area contributed by atoms with Gasteiger partial charge in [0, 0.05) is 19.7 Å². The molecule has 0 bridgehead atoms. The Kier molecular flexibility index (Phi) is 4.98. The van der Waals surface area contributed by atoms with E-state index in [1.54, 1.807) is 19.2 Å². The Morgan fingerprint density at radius 3 is 3.00 bits per heavy atom. The van der Waals surface area contributed by atoms with Crippen LogP contribution < -0.4 is 5.32 Å². The molecular formula is C14H19ClFNO. The molecule has 0 heterocycles. The van der Waals surface area contributed by atoms with Crippen molar-refractivity contribution >= 4 is 11.6 Å². The van der Waals surface area contributed by atoms with Crippen LogP contribution in [-0.4, -0.2) is 19.3 Å². The molecule has 2 nitrogen and oxygen atoms in total. The highest BCUT2D eigenvalue weighted by molar-refractivity contribution is 6.30. The van der Waals surface area contributed by atoms with E-state index in [-0.39, 0.29) is 10.8 Å². The molecular weight excluding hydrogens is 253 g/mol. The summed E-state index contributed by atoms with van der Waals surface area (Å²) >= 11 is 5.76. The quantitative estimate of drug-likeness (QED) is 0.905. The van der Waals surface area contributed by atoms with E-state index in [2.05, 4.69) is 5.32 Å². The number of hydrogen-bond acceptors (Lipinski definition) is 2. The molecule has 0 saturated heterocycles. The smallest absolute Gasteiger partial charge is 0.141 e. The fraction of sp³-hybridized carbons (Fsp3) is 0.571. The van der Waals surface area contributed by atoms with Gasteiger partial charge in [0.1, 0.15) is 5.82 Å². The van der Waals surface area contributed by atoms with Crippen molar-refractivity contribution in [2.24, 2.45) is 0 Å². The van der Waals surface area contributed by atoms with E-state index < -0.39 is 0 Å². The summed E-state index contributed by atoms with van der Waals surface area (Å²) in [6.45, 7) is 0.723. The van der Waals surface area contributed by atoms with Crippen molar-refractivity contribution in [3.63, 3.8) is 0 Å². The molecule has 1 aliphatic carbocycles. The van der Waals surface area contributed by atoms with Crippen molar-refractivity contribution in [1.82, 2.24) is 5.32 Å². The lowest BCUT2D eigenvalue weighted by molar-refractivity contribution is 0.0586. The summed E-state index contributed by atoms with van der Waals surface area (Å²) in [6, 6.07) is 5.34. The van der Waals surface area contributed by atoms with Crippen LogP contribution in [0.3, 0.4) is 0 Å². The molecule has 18 heavy (non-hydrogen) atoms. The van der Waals surface area contributed by atoms with Crippen LogP contribution in [0, 0.1) is 5.82 Å². The number of methoxy groups -OCH3 is 1. The van der Waals surface area contributed by atoms with Crippen LogP contribution in [0.5, 0.6) is 0 Å². The second-order valence-corrected chi connectivity index (χ2v) is 5.26. The number of hydrogen-bond donors (Lipinski definition) is 1. The molecule has 1 aromatic rings. The summed E-state index contributed by atoms with van der Waals surface area (Å²) in [5.41, 5.74) is 1.01. The summed E-state index contributed by atoms with van der Waals surface area (Å²) in [6.07, 6.45) is 4.94. The molecule has 1 aliphatic rings. The zero-order valence-corrected chi connectivity index (χ0v) is 11.3. The van der Waals surface area contributed by atoms with Crippen LogP contribution in [0.25, 0.3) is 0 Å². The van der Waals surface area contributed by atoms with E-state index in [0.717, 1.165) is 24.9 Å². The van der Waals surface area contributed by atoms with Crippen molar-refractivity contribution in [2.45, 2.75) is 44.4 Å². The predicted octanol–water partition coefficient (Wildman–Crippen LogP) is 3.53. The Morgan fingerprint density at radius 2 is 2.28 bits per heavy atom. The molecule has 0 aliphatic heterocycles. The number of benzene rings is 1. The second-order valence-electron chi connectivity index (χ2n) is 4.85. The first kappa shape index (κ1) is 13.8. The van der Waals surface area contributed by atoms with Crippen LogP contribution in [0.4, 0.5) is 4.39 Å². The Labute approximate surface area is 112 Å². The fourth-order valence-corrected chi connectivity index (χ4v) is 2.66. The first-order chi connectivity index (χ1) is 8.69. The van der Waals surface area contributed by atoms with Crippen molar-refractivity contribution in [3.8, 4) is 0 Å². The molecule has 1 fully saturated rings. The van der Waals surface area contributed by atoms with Gasteiger partial charge in [0.05, 0.1) is 11.1 Å². The van der Waals surface area contributed by atoms with Gasteiger partial charge in [-0.1, -0.05) is 17.7 Å². The third-order valence-electron chi connectivity index (χ3n) is 3.54. The van der Waals surface area contributed by atoms with Crippen LogP contribution in [0.1, 0.15) is 31.2 Å². The number of halogens is 2. The Morgan fingerprint density at radius 1 is 1.44 bits per heavy atom. The first-order valence-corrected chi connectivity index (χ1v) is 6.77. The maximum atomic E-state index is 13.0. The highest BCUT2D eigenvalue weighted by Gasteiger charge is 2.21. The van der Waals surface area contributed by atoms with Gasteiger partial charge < -0.3 is 10.1 Å². The summed E-state index contributed by atoms with van der Waals surface area (Å²) < 4.78 is 18.4. The normalized spacial score (nSPS) is 24.2. The lowest BCUT2D eigenvalue weighted by atomic mass is 9.92. The van der Waals surface area contributed by atoms with Crippen LogP contribution in [0.15, 0.2) is 18.2 Å². The zero-order chi connectivity index (χ0) is 13.0. The lowest BCUT2D eigenvalue weighted by Crippen LogP contribution is -2.36. The minimum atomic E-state index is -0.363. The average Bonchev–Trinajstić information content (AvgIpc) is 2.40. The monoisotopic (exact) mass is 271 g/mol. The molecule has 0 aromatic heterocycles. The maximum Gasteiger partial charge on any atom is 0.141 e. The van der Waals surface area contributed by atoms with E-state index >= 15 is 0 Å². The van der Waals surface area contributed by atoms with Gasteiger partial charge in [0.2, 0.25) is 0 Å². The molecule has 100 valence electrons. The Hall–Kier alpha value is -0.640. The van der Waals surface area contributed by atoms with E-state index in [1.165, 1.54) is 18.9 Å². The van der Waals surface area contributed by atoms with Crippen LogP contribution >= 0.6 is 11.6 Å². The van der Waals surface area contributed by atoms with E-state index in [1.807, 2.05) is 0 Å². The van der Waals surface area contributed by atoms with Crippen molar-refractivity contribution < 1.29 is 9.13 Å². The number of ether oxygens (including phenoxy) is 1. The van der Waals surface area contributed by atoms with Gasteiger partial charge in [-0.05, 0) is 43.4 Å². The summed E-state index contributed by atoms with van der Waals surface area (Å²) in [5.74, 6) is -0.363. The molecule has 1 N–H and O–H groups in total. The van der Waals surface area contributed by atoms with E-state index in [0.29, 0.717) is 12.1 Å². The minimum Gasteiger partial charge on any atom is -0.381 e. The van der Waals surface area contributed by atoms with Gasteiger partial charge >= 0.3 is 0 Å². The molecule has 0 amide bonds. The summed E-state index contributed by atoms with van der Waals surface area (Å²) in [7, 11) is 1.77. The average molecular weight is 272 g/mol. The molecule has 0 radical (unpaired) electrons. The largest absolute Gasteiger partial charge is 0.381 e. The number of rotatable bonds is 4. The molecule has 1 saturated carbocycles. The fourth-order valence-electron chi connectivity index (χ4n) is 2.46. The molecule has 2 rings (SSSR count). The van der Waals surface area contributed by atoms with Gasteiger partial charge in [0.15, 0.2) is 0 Å². The molecule has 0 spiro atoms. The topological polar surface area (TPSA) is 21.3 Å². The standard InChI is InChI=1S/C14H19ClFNO/c1-18-12-4-2-3-11(8-12)17-9-10-5-6-14(16)13(15)7-10/h5-7,11-12,17H,2-4,8-9H2,1H3. The highest BCUT2D eigenvalue weighted by atomic mass is 35.5. The van der Waals surface area contributed by atoms with Gasteiger partial charge in [-0.25, -0.2) is 4.39 Å². The van der Waals surface area contributed by atoms with Crippen molar-refractivity contribution in [2.75, 3.05) is 7.11 Å². The Balaban J connectivity index is 1.85. The lowest BCUT2D eigenvalue weighted by Gasteiger charge is -2.29. The first-order valence-electron chi connectivity index (χ1n) is 6.39. The molecule has 2 atom stereocenters. The predicted molar refractivity (Wildman–Crippen MR) is 71.3 cm³/mol. The summed E-state index contributed by atoms with van der Waals surface area (Å²) in [4.78, 5) is 0. The maximum absolute atomic E-state index is 13.0. The van der Waals surface area contributed by atoms with Gasteiger partial charge in [-0.15, -0.1) is 0 Å². The Bertz CT molecular complexity index is 399. The molecule has 2 unspecified atom stereocenters. The van der Waals surface area contributed by atoms with Crippen LogP contribution in [-0.2, 0) is 11.3 Å². The zero-order valence-electron chi connectivity index (χ0n) is 10.6. The number of nitrogens with one attached hydrogen (secondary N) is 1. The minimum absolute atomic E-state index is 0.188. The van der Waals surface area contributed by atoms with Gasteiger partial charge in [0.25, 0.3) is 0 Å². The molecule has 1 aromatic carbocycles. The second kappa shape index (κ2) is 6.50. The highest BCUT2D eigenvalue weighted by Crippen LogP contribution is 2.21. The van der Waals surface area contributed by atoms with Gasteiger partial charge in [-0.2, -0.15) is 0 Å². The van der Waals surface area contributed by atoms with Crippen LogP contribution in [0.2, 0.25) is 5.02 Å². The SMILES string of the molecule is COC1CCCC(NCc2ccc(F)c(Cl)c2)C1. The van der Waals surface area contributed by atoms with Crippen molar-refractivity contribution in [1.29, 1.82) is 0 Å². The van der Waals surface area contributed by atoms with E-state index in [4.69, 9.17) is 16.3 Å². The van der Waals surface area contributed by atoms with E-state index in [9.17, 15) is 4.39 Å². The van der Waals surface area contributed by atoms with Gasteiger partial charge in [-0.3, -0.25) is 0 Å². The summed E-state index contributed by atoms with van der Waals surface area (Å²) in [5, 5.41) is 3.68. The molecule has 4 heteroatoms. The third kappa shape index (κ3) is 3.67. The van der Waals surface area contributed by atoms with Crippen molar-refractivity contribution in [3.05, 3.63) is 34.6 Å².